The molecule has 34 heavy (non-hydrogen) atoms. The number of amides is 3. The number of anilines is 2. The molecule has 0 saturated heterocycles. The summed E-state index contributed by atoms with van der Waals surface area (Å²) in [6.45, 7) is 3.53. The third kappa shape index (κ3) is 5.94. The summed E-state index contributed by atoms with van der Waals surface area (Å²) >= 11 is 0. The first-order valence-corrected chi connectivity index (χ1v) is 10.2. The van der Waals surface area contributed by atoms with Crippen molar-refractivity contribution in [3.05, 3.63) is 65.9 Å². The van der Waals surface area contributed by atoms with E-state index in [0.717, 1.165) is 12.1 Å². The Labute approximate surface area is 193 Å². The van der Waals surface area contributed by atoms with E-state index in [0.29, 0.717) is 16.9 Å². The minimum Gasteiger partial charge on any atom is -0.467 e. The van der Waals surface area contributed by atoms with Crippen LogP contribution in [-0.4, -0.2) is 36.2 Å². The first-order valence-electron chi connectivity index (χ1n) is 10.2. The van der Waals surface area contributed by atoms with Crippen molar-refractivity contribution in [2.75, 3.05) is 17.7 Å². The van der Waals surface area contributed by atoms with Gasteiger partial charge in [-0.05, 0) is 30.2 Å². The zero-order valence-electron chi connectivity index (χ0n) is 18.5. The van der Waals surface area contributed by atoms with E-state index in [4.69, 9.17) is 9.26 Å². The number of ether oxygens (including phenoxy) is 1. The van der Waals surface area contributed by atoms with Gasteiger partial charge in [0.25, 0.3) is 5.91 Å². The summed E-state index contributed by atoms with van der Waals surface area (Å²) < 4.78 is 36.0. The quantitative estimate of drug-likeness (QED) is 0.443. The van der Waals surface area contributed by atoms with Crippen molar-refractivity contribution < 1.29 is 32.4 Å². The summed E-state index contributed by atoms with van der Waals surface area (Å²) in [5.74, 6) is -3.56. The number of halogens is 2. The monoisotopic (exact) mass is 472 g/mol. The van der Waals surface area contributed by atoms with Gasteiger partial charge in [0, 0.05) is 29.1 Å². The van der Waals surface area contributed by atoms with Crippen LogP contribution in [0.4, 0.5) is 25.0 Å². The standard InChI is InChI=1S/C23H22F2N4O5/c1-12(2)20(22(31)33-3)28-21(30)19-11-18(29-34-19)13-4-6-14(7-5-13)26-23(32)27-15-8-9-16(24)17(25)10-15/h4-12,20H,1-3H3,(H,28,30)(H2,26,27,32). The van der Waals surface area contributed by atoms with Gasteiger partial charge in [0.15, 0.2) is 11.6 Å². The molecule has 2 aromatic carbocycles. The second-order valence-corrected chi connectivity index (χ2v) is 7.58. The van der Waals surface area contributed by atoms with E-state index in [1.165, 1.54) is 19.2 Å². The van der Waals surface area contributed by atoms with Crippen molar-refractivity contribution in [3.63, 3.8) is 0 Å². The predicted octanol–water partition coefficient (Wildman–Crippen LogP) is 4.19. The second-order valence-electron chi connectivity index (χ2n) is 7.58. The largest absolute Gasteiger partial charge is 0.467 e. The molecule has 3 amide bonds. The summed E-state index contributed by atoms with van der Waals surface area (Å²) in [6.07, 6.45) is 0. The summed E-state index contributed by atoms with van der Waals surface area (Å²) in [7, 11) is 1.24. The Hall–Kier alpha value is -4.28. The number of esters is 1. The van der Waals surface area contributed by atoms with Crippen LogP contribution in [0.3, 0.4) is 0 Å². The normalized spacial score (nSPS) is 11.6. The molecule has 1 atom stereocenters. The van der Waals surface area contributed by atoms with Crippen LogP contribution in [0.25, 0.3) is 11.3 Å². The van der Waals surface area contributed by atoms with Gasteiger partial charge in [-0.25, -0.2) is 18.4 Å². The number of benzene rings is 2. The lowest BCUT2D eigenvalue weighted by atomic mass is 10.0. The fourth-order valence-corrected chi connectivity index (χ4v) is 2.95. The van der Waals surface area contributed by atoms with Crippen molar-refractivity contribution in [2.24, 2.45) is 5.92 Å². The molecule has 0 saturated carbocycles. The lowest BCUT2D eigenvalue weighted by Crippen LogP contribution is -2.44. The van der Waals surface area contributed by atoms with Crippen LogP contribution in [-0.2, 0) is 9.53 Å². The Balaban J connectivity index is 1.62. The molecule has 0 radical (unpaired) electrons. The summed E-state index contributed by atoms with van der Waals surface area (Å²) in [4.78, 5) is 36.3. The van der Waals surface area contributed by atoms with Crippen molar-refractivity contribution >= 4 is 29.3 Å². The van der Waals surface area contributed by atoms with Crippen molar-refractivity contribution in [2.45, 2.75) is 19.9 Å². The molecule has 1 heterocycles. The fraction of sp³-hybridized carbons (Fsp3) is 0.217. The Kier molecular flexibility index (Phi) is 7.57. The van der Waals surface area contributed by atoms with Gasteiger partial charge >= 0.3 is 12.0 Å². The Bertz CT molecular complexity index is 1190. The summed E-state index contributed by atoms with van der Waals surface area (Å²) in [6, 6.07) is 9.38. The fourth-order valence-electron chi connectivity index (χ4n) is 2.95. The van der Waals surface area contributed by atoms with E-state index in [9.17, 15) is 23.2 Å². The molecular weight excluding hydrogens is 450 g/mol. The highest BCUT2D eigenvalue weighted by molar-refractivity contribution is 6.00. The average Bonchev–Trinajstić information content (AvgIpc) is 3.30. The maximum absolute atomic E-state index is 13.3. The van der Waals surface area contributed by atoms with E-state index in [2.05, 4.69) is 21.1 Å². The van der Waals surface area contributed by atoms with E-state index in [-0.39, 0.29) is 17.4 Å². The van der Waals surface area contributed by atoms with Crippen LogP contribution >= 0.6 is 0 Å². The first kappa shape index (κ1) is 24.4. The van der Waals surface area contributed by atoms with Gasteiger partial charge in [0.2, 0.25) is 5.76 Å². The van der Waals surface area contributed by atoms with Gasteiger partial charge in [-0.3, -0.25) is 4.79 Å². The zero-order chi connectivity index (χ0) is 24.8. The molecule has 0 fully saturated rings. The van der Waals surface area contributed by atoms with E-state index in [1.54, 1.807) is 38.1 Å². The van der Waals surface area contributed by atoms with Crippen molar-refractivity contribution in [3.8, 4) is 11.3 Å². The van der Waals surface area contributed by atoms with Gasteiger partial charge in [0.1, 0.15) is 11.7 Å². The van der Waals surface area contributed by atoms with Crippen LogP contribution in [0.1, 0.15) is 24.4 Å². The number of carbonyl (C=O) groups excluding carboxylic acids is 3. The Morgan fingerprint density at radius 2 is 1.59 bits per heavy atom. The molecule has 9 nitrogen and oxygen atoms in total. The SMILES string of the molecule is COC(=O)C(NC(=O)c1cc(-c2ccc(NC(=O)Nc3ccc(F)c(F)c3)cc2)no1)C(C)C. The zero-order valence-corrected chi connectivity index (χ0v) is 18.5. The molecule has 3 N–H and O–H groups in total. The maximum atomic E-state index is 13.3. The molecule has 0 aliphatic rings. The van der Waals surface area contributed by atoms with Gasteiger partial charge in [0.05, 0.1) is 7.11 Å². The van der Waals surface area contributed by atoms with Gasteiger partial charge in [-0.2, -0.15) is 0 Å². The smallest absolute Gasteiger partial charge is 0.328 e. The molecule has 3 rings (SSSR count). The molecule has 0 bridgehead atoms. The van der Waals surface area contributed by atoms with Gasteiger partial charge in [-0.15, -0.1) is 0 Å². The minimum absolute atomic E-state index is 0.0855. The number of hydrogen-bond donors (Lipinski definition) is 3. The van der Waals surface area contributed by atoms with E-state index < -0.39 is 35.6 Å². The van der Waals surface area contributed by atoms with Crippen LogP contribution in [0.5, 0.6) is 0 Å². The Morgan fingerprint density at radius 1 is 0.941 bits per heavy atom. The third-order valence-electron chi connectivity index (χ3n) is 4.76. The van der Waals surface area contributed by atoms with Crippen LogP contribution < -0.4 is 16.0 Å². The number of carbonyl (C=O) groups is 3. The molecular formula is C23H22F2N4O5. The molecule has 1 aromatic heterocycles. The topological polar surface area (TPSA) is 123 Å². The number of rotatable bonds is 7. The number of aromatic nitrogens is 1. The number of urea groups is 1. The molecule has 1 unspecified atom stereocenters. The first-order chi connectivity index (χ1) is 16.2. The van der Waals surface area contributed by atoms with Crippen LogP contribution in [0.2, 0.25) is 0 Å². The van der Waals surface area contributed by atoms with Crippen LogP contribution in [0, 0.1) is 17.6 Å². The van der Waals surface area contributed by atoms with Crippen molar-refractivity contribution in [1.29, 1.82) is 0 Å². The van der Waals surface area contributed by atoms with Gasteiger partial charge < -0.3 is 25.2 Å². The minimum atomic E-state index is -1.08. The van der Waals surface area contributed by atoms with Crippen LogP contribution in [0.15, 0.2) is 53.1 Å². The highest BCUT2D eigenvalue weighted by atomic mass is 19.2. The number of hydrogen-bond acceptors (Lipinski definition) is 6. The summed E-state index contributed by atoms with van der Waals surface area (Å²) in [5.41, 5.74) is 1.47. The predicted molar refractivity (Wildman–Crippen MR) is 119 cm³/mol. The molecule has 0 aliphatic carbocycles. The molecule has 0 aliphatic heterocycles. The second kappa shape index (κ2) is 10.6. The highest BCUT2D eigenvalue weighted by Gasteiger charge is 2.27. The number of nitrogens with one attached hydrogen (secondary N) is 3. The maximum Gasteiger partial charge on any atom is 0.328 e. The third-order valence-corrected chi connectivity index (χ3v) is 4.76. The molecule has 0 spiro atoms. The molecule has 3 aromatic rings. The lowest BCUT2D eigenvalue weighted by molar-refractivity contribution is -0.144. The molecule has 178 valence electrons. The van der Waals surface area contributed by atoms with Crippen molar-refractivity contribution in [1.82, 2.24) is 10.5 Å². The average molecular weight is 472 g/mol. The number of methoxy groups -OCH3 is 1. The Morgan fingerprint density at radius 3 is 2.21 bits per heavy atom. The van der Waals surface area contributed by atoms with E-state index in [1.807, 2.05) is 0 Å². The summed E-state index contributed by atoms with van der Waals surface area (Å²) in [5, 5.41) is 11.4. The van der Waals surface area contributed by atoms with E-state index >= 15 is 0 Å². The highest BCUT2D eigenvalue weighted by Crippen LogP contribution is 2.22. The lowest BCUT2D eigenvalue weighted by Gasteiger charge is -2.18. The van der Waals surface area contributed by atoms with Gasteiger partial charge in [-0.1, -0.05) is 31.1 Å². The molecule has 11 heteroatoms. The number of nitrogens with zero attached hydrogens (tertiary/aromatic N) is 1.